The summed E-state index contributed by atoms with van der Waals surface area (Å²) >= 11 is 0. The highest BCUT2D eigenvalue weighted by atomic mass is 19.4. The van der Waals surface area contributed by atoms with E-state index >= 15 is 0 Å². The van der Waals surface area contributed by atoms with Gasteiger partial charge in [0.2, 0.25) is 0 Å². The van der Waals surface area contributed by atoms with Gasteiger partial charge in [-0.3, -0.25) is 4.79 Å². The number of hydrogen-bond acceptors (Lipinski definition) is 7. The topological polar surface area (TPSA) is 131 Å². The summed E-state index contributed by atoms with van der Waals surface area (Å²) in [5.41, 5.74) is 2.11. The number of urea groups is 1. The van der Waals surface area contributed by atoms with Gasteiger partial charge in [-0.15, -0.1) is 0 Å². The van der Waals surface area contributed by atoms with Crippen LogP contribution >= 0.6 is 0 Å². The summed E-state index contributed by atoms with van der Waals surface area (Å²) in [6.07, 6.45) is 2.62. The molecule has 5 rings (SSSR count). The average molecular weight is 521 g/mol. The van der Waals surface area contributed by atoms with Gasteiger partial charge in [-0.25, -0.2) is 18.9 Å². The minimum Gasteiger partial charge on any atom is -0.342 e. The Morgan fingerprint density at radius 2 is 2.03 bits per heavy atom. The van der Waals surface area contributed by atoms with Crippen molar-refractivity contribution in [1.29, 1.82) is 0 Å². The van der Waals surface area contributed by atoms with Crippen LogP contribution < -0.4 is 10.6 Å². The third-order valence-corrected chi connectivity index (χ3v) is 7.16. The van der Waals surface area contributed by atoms with Gasteiger partial charge in [0.25, 0.3) is 5.91 Å². The lowest BCUT2D eigenvalue weighted by molar-refractivity contribution is -0.149. The molecule has 2 aliphatic rings. The minimum atomic E-state index is -4.51. The van der Waals surface area contributed by atoms with Gasteiger partial charge < -0.3 is 15.5 Å². The summed E-state index contributed by atoms with van der Waals surface area (Å²) in [6.45, 7) is 3.33. The highest BCUT2D eigenvalue weighted by molar-refractivity contribution is 5.93. The molecule has 1 aliphatic carbocycles. The highest BCUT2D eigenvalue weighted by Gasteiger charge is 2.46. The second kappa shape index (κ2) is 9.63. The zero-order valence-corrected chi connectivity index (χ0v) is 20.3. The van der Waals surface area contributed by atoms with Crippen LogP contribution in [-0.4, -0.2) is 60.5 Å². The Kier molecular flexibility index (Phi) is 6.50. The number of hydrogen-bond donors (Lipinski definition) is 2. The molecule has 37 heavy (non-hydrogen) atoms. The average Bonchev–Trinajstić information content (AvgIpc) is 3.56. The molecule has 3 aromatic rings. The quantitative estimate of drug-likeness (QED) is 0.511. The minimum absolute atomic E-state index is 0.0385. The molecule has 198 valence electrons. The molecular formula is C23H27F3N8O3. The molecule has 1 saturated carbocycles. The molecule has 2 fully saturated rings. The van der Waals surface area contributed by atoms with Crippen molar-refractivity contribution in [1.82, 2.24) is 40.4 Å². The Hall–Kier alpha value is -3.71. The van der Waals surface area contributed by atoms with Gasteiger partial charge >= 0.3 is 12.2 Å². The van der Waals surface area contributed by atoms with E-state index in [2.05, 4.69) is 32.3 Å². The molecule has 2 N–H and O–H groups in total. The predicted molar refractivity (Wildman–Crippen MR) is 122 cm³/mol. The van der Waals surface area contributed by atoms with Crippen LogP contribution in [0.15, 0.2) is 23.1 Å². The zero-order valence-electron chi connectivity index (χ0n) is 20.3. The van der Waals surface area contributed by atoms with Crippen LogP contribution in [-0.2, 0) is 6.54 Å². The third-order valence-electron chi connectivity index (χ3n) is 7.16. The van der Waals surface area contributed by atoms with Crippen molar-refractivity contribution in [2.45, 2.75) is 64.3 Å². The first-order valence-corrected chi connectivity index (χ1v) is 12.1. The van der Waals surface area contributed by atoms with Crippen molar-refractivity contribution in [2.75, 3.05) is 6.54 Å². The molecule has 11 nitrogen and oxygen atoms in total. The van der Waals surface area contributed by atoms with E-state index in [0.29, 0.717) is 28.5 Å². The Bertz CT molecular complexity index is 1300. The Labute approximate surface area is 209 Å². The number of nitrogens with zero attached hydrogens (tertiary/aromatic N) is 6. The number of carbonyl (C=O) groups excluding carboxylic acids is 2. The molecule has 14 heteroatoms. The van der Waals surface area contributed by atoms with E-state index in [-0.39, 0.29) is 18.2 Å². The van der Waals surface area contributed by atoms with Crippen molar-refractivity contribution in [3.63, 3.8) is 0 Å². The second-order valence-corrected chi connectivity index (χ2v) is 9.93. The summed E-state index contributed by atoms with van der Waals surface area (Å²) in [7, 11) is 0. The maximum atomic E-state index is 13.0. The van der Waals surface area contributed by atoms with E-state index in [4.69, 9.17) is 4.98 Å². The number of fused-ring (bicyclic) bond motifs is 1. The molecule has 1 aliphatic heterocycles. The molecule has 2 atom stereocenters. The number of rotatable bonds is 6. The first-order chi connectivity index (χ1) is 17.6. The largest absolute Gasteiger partial charge is 0.410 e. The number of amides is 3. The molecular weight excluding hydrogens is 493 g/mol. The lowest BCUT2D eigenvalue weighted by Crippen LogP contribution is -2.40. The van der Waals surface area contributed by atoms with Crippen LogP contribution in [0, 0.1) is 18.8 Å². The number of alkyl halides is 3. The summed E-state index contributed by atoms with van der Waals surface area (Å²) in [5.74, 6) is 0.351. The fourth-order valence-electron chi connectivity index (χ4n) is 5.00. The molecule has 4 heterocycles. The number of imidazole rings is 1. The first-order valence-electron chi connectivity index (χ1n) is 12.1. The molecule has 3 amide bonds. The summed E-state index contributed by atoms with van der Waals surface area (Å²) in [4.78, 5) is 30.8. The van der Waals surface area contributed by atoms with Crippen LogP contribution in [0.25, 0.3) is 5.65 Å². The molecule has 1 saturated heterocycles. The van der Waals surface area contributed by atoms with E-state index < -0.39 is 36.7 Å². The van der Waals surface area contributed by atoms with Crippen molar-refractivity contribution >= 4 is 17.6 Å². The zero-order chi connectivity index (χ0) is 26.3. The van der Waals surface area contributed by atoms with E-state index in [1.54, 1.807) is 23.7 Å². The predicted octanol–water partition coefficient (Wildman–Crippen LogP) is 3.17. The van der Waals surface area contributed by atoms with Crippen molar-refractivity contribution in [3.8, 4) is 0 Å². The number of carbonyl (C=O) groups is 2. The summed E-state index contributed by atoms with van der Waals surface area (Å²) in [5, 5.41) is 16.7. The number of aromatic nitrogens is 5. The maximum Gasteiger partial charge on any atom is 0.410 e. The van der Waals surface area contributed by atoms with Gasteiger partial charge in [-0.1, -0.05) is 24.9 Å². The van der Waals surface area contributed by atoms with Crippen LogP contribution in [0.4, 0.5) is 18.0 Å². The maximum absolute atomic E-state index is 13.0. The van der Waals surface area contributed by atoms with Crippen molar-refractivity contribution in [3.05, 3.63) is 41.1 Å². The summed E-state index contributed by atoms with van der Waals surface area (Å²) in [6, 6.07) is -1.41. The van der Waals surface area contributed by atoms with Gasteiger partial charge in [-0.05, 0) is 48.4 Å². The van der Waals surface area contributed by atoms with Crippen molar-refractivity contribution in [2.24, 2.45) is 11.8 Å². The van der Waals surface area contributed by atoms with E-state index in [9.17, 15) is 22.8 Å². The van der Waals surface area contributed by atoms with Crippen molar-refractivity contribution < 1.29 is 27.4 Å². The first kappa shape index (κ1) is 25.0. The fraction of sp³-hybridized carbons (Fsp3) is 0.565. The molecule has 0 spiro atoms. The fourth-order valence-corrected chi connectivity index (χ4v) is 5.00. The highest BCUT2D eigenvalue weighted by Crippen LogP contribution is 2.37. The SMILES string of the molecule is Cc1nonc1C(=O)N[C@H](c1cn2ncc(CN3C[C@@H](C(F)(F)F)NC3=O)cc2n1)C1CCC(C)CC1. The van der Waals surface area contributed by atoms with Crippen LogP contribution in [0.3, 0.4) is 0 Å². The molecule has 0 aromatic carbocycles. The molecule has 3 aromatic heterocycles. The van der Waals surface area contributed by atoms with Crippen LogP contribution in [0.1, 0.15) is 66.1 Å². The number of aryl methyl sites for hydroxylation is 1. The van der Waals surface area contributed by atoms with E-state index in [0.717, 1.165) is 30.6 Å². The Morgan fingerprint density at radius 3 is 2.68 bits per heavy atom. The number of nitrogens with one attached hydrogen (secondary N) is 2. The van der Waals surface area contributed by atoms with Crippen LogP contribution in [0.2, 0.25) is 0 Å². The molecule has 0 unspecified atom stereocenters. The van der Waals surface area contributed by atoms with E-state index in [1.807, 2.05) is 5.32 Å². The smallest absolute Gasteiger partial charge is 0.342 e. The normalized spacial score (nSPS) is 23.3. The Morgan fingerprint density at radius 1 is 1.27 bits per heavy atom. The van der Waals surface area contributed by atoms with Crippen LogP contribution in [0.5, 0.6) is 0 Å². The lowest BCUT2D eigenvalue weighted by Gasteiger charge is -2.32. The number of halogens is 3. The molecule has 0 radical (unpaired) electrons. The monoisotopic (exact) mass is 520 g/mol. The molecule has 0 bridgehead atoms. The lowest BCUT2D eigenvalue weighted by atomic mass is 9.78. The van der Waals surface area contributed by atoms with Gasteiger partial charge in [0.1, 0.15) is 11.7 Å². The third kappa shape index (κ3) is 5.23. The standard InChI is InChI=1S/C23H27F3N8O3/c1-12-3-5-15(6-4-12)20(30-21(35)19-13(2)31-37-32-19)16-10-34-18(28-16)7-14(8-27-34)9-33-11-17(23(24,25)26)29-22(33)36/h7-8,10,12,15,17,20H,3-6,9,11H2,1-2H3,(H,29,36)(H,30,35)/t12?,15?,17-,20-/m0/s1. The van der Waals surface area contributed by atoms with Gasteiger partial charge in [0.15, 0.2) is 11.3 Å². The van der Waals surface area contributed by atoms with Gasteiger partial charge in [0.05, 0.1) is 30.7 Å². The van der Waals surface area contributed by atoms with Gasteiger partial charge in [-0.2, -0.15) is 18.3 Å². The van der Waals surface area contributed by atoms with Gasteiger partial charge in [0, 0.05) is 6.54 Å². The van der Waals surface area contributed by atoms with E-state index in [1.165, 1.54) is 6.20 Å². The Balaban J connectivity index is 1.38. The second-order valence-electron chi connectivity index (χ2n) is 9.93. The summed E-state index contributed by atoms with van der Waals surface area (Å²) < 4.78 is 45.2.